The molecule has 0 amide bonds. The number of aryl methyl sites for hydroxylation is 1. The van der Waals surface area contributed by atoms with Gasteiger partial charge < -0.3 is 17.7 Å². The molecule has 1 aliphatic heterocycles. The van der Waals surface area contributed by atoms with Crippen molar-refractivity contribution >= 4 is 23.4 Å². The number of hydrogen-bond donors (Lipinski definition) is 1. The van der Waals surface area contributed by atoms with Crippen LogP contribution in [0.2, 0.25) is 0 Å². The fraction of sp³-hybridized carbons (Fsp3) is 0.381. The van der Waals surface area contributed by atoms with Crippen molar-refractivity contribution < 1.29 is 14.6 Å². The largest absolute Gasteiger partial charge is 0.764 e. The molecule has 1 aliphatic carbocycles. The average molecular weight is 408 g/mol. The lowest BCUT2D eigenvalue weighted by Gasteiger charge is -2.43. The van der Waals surface area contributed by atoms with Gasteiger partial charge in [0.05, 0.1) is 22.8 Å². The second-order valence-corrected chi connectivity index (χ2v) is 8.17. The van der Waals surface area contributed by atoms with E-state index in [1.807, 2.05) is 36.0 Å². The molecule has 7 nitrogen and oxygen atoms in total. The Kier molecular flexibility index (Phi) is 4.81. The first-order valence-electron chi connectivity index (χ1n) is 9.45. The van der Waals surface area contributed by atoms with E-state index in [4.69, 9.17) is 12.6 Å². The maximum atomic E-state index is 11.7. The van der Waals surface area contributed by atoms with Crippen LogP contribution in [0.5, 0.6) is 0 Å². The Balaban J connectivity index is 1.90. The van der Waals surface area contributed by atoms with Crippen LogP contribution in [0.4, 0.5) is 5.69 Å². The van der Waals surface area contributed by atoms with Gasteiger partial charge in [-0.15, -0.1) is 0 Å². The van der Waals surface area contributed by atoms with Crippen molar-refractivity contribution in [2.24, 2.45) is 16.8 Å². The number of nitriles is 1. The second kappa shape index (κ2) is 7.17. The van der Waals surface area contributed by atoms with Gasteiger partial charge in [-0.2, -0.15) is 9.83 Å². The van der Waals surface area contributed by atoms with E-state index in [9.17, 15) is 20.5 Å². The number of aromatic nitrogens is 1. The molecule has 148 valence electrons. The van der Waals surface area contributed by atoms with Gasteiger partial charge in [0, 0.05) is 30.2 Å². The highest BCUT2D eigenvalue weighted by atomic mass is 32.1. The number of nitro benzene ring substituents is 1. The smallest absolute Gasteiger partial charge is 0.269 e. The van der Waals surface area contributed by atoms with Gasteiger partial charge in [-0.3, -0.25) is 15.1 Å². The van der Waals surface area contributed by atoms with E-state index < -0.39 is 28.5 Å². The van der Waals surface area contributed by atoms with Crippen molar-refractivity contribution in [2.75, 3.05) is 0 Å². The molecular formula is C21H20N4O3S. The number of non-ortho nitro benzene ring substituents is 1. The van der Waals surface area contributed by atoms with Gasteiger partial charge in [-0.1, -0.05) is 17.2 Å². The minimum atomic E-state index is -1.42. The van der Waals surface area contributed by atoms with Gasteiger partial charge in [0.2, 0.25) is 11.8 Å². The van der Waals surface area contributed by atoms with Gasteiger partial charge in [-0.25, -0.2) is 0 Å². The first-order chi connectivity index (χ1) is 13.8. The van der Waals surface area contributed by atoms with Gasteiger partial charge in [0.25, 0.3) is 5.69 Å². The Hall–Kier alpha value is -2.89. The normalized spacial score (nSPS) is 29.0. The molecule has 1 aromatic carbocycles. The monoisotopic (exact) mass is 408 g/mol. The third kappa shape index (κ3) is 3.37. The van der Waals surface area contributed by atoms with Crippen LogP contribution in [0, 0.1) is 40.2 Å². The van der Waals surface area contributed by atoms with Gasteiger partial charge in [0.15, 0.2) is 12.4 Å². The third-order valence-electron chi connectivity index (χ3n) is 5.84. The van der Waals surface area contributed by atoms with E-state index in [1.165, 1.54) is 12.1 Å². The summed E-state index contributed by atoms with van der Waals surface area (Å²) in [6.07, 6.45) is 5.44. The van der Waals surface area contributed by atoms with Crippen LogP contribution in [0.3, 0.4) is 0 Å². The van der Waals surface area contributed by atoms with Crippen LogP contribution in [-0.4, -0.2) is 20.8 Å². The summed E-state index contributed by atoms with van der Waals surface area (Å²) >= 11 is 5.42. The number of pyridine rings is 1. The van der Waals surface area contributed by atoms with Crippen molar-refractivity contribution in [2.45, 2.75) is 37.5 Å². The van der Waals surface area contributed by atoms with Crippen molar-refractivity contribution in [3.05, 3.63) is 70.0 Å². The molecule has 0 saturated heterocycles. The average Bonchev–Trinajstić information content (AvgIpc) is 3.54. The Labute approximate surface area is 173 Å². The number of benzene rings is 1. The number of hydrogen-bond acceptors (Lipinski definition) is 6. The van der Waals surface area contributed by atoms with Crippen LogP contribution in [0.1, 0.15) is 35.9 Å². The maximum Gasteiger partial charge on any atom is 0.269 e. The molecule has 29 heavy (non-hydrogen) atoms. The summed E-state index contributed by atoms with van der Waals surface area (Å²) in [6, 6.07) is 11.7. The Morgan fingerprint density at radius 2 is 1.90 bits per heavy atom. The predicted octanol–water partition coefficient (Wildman–Crippen LogP) is 2.71. The summed E-state index contributed by atoms with van der Waals surface area (Å²) in [5.41, 5.74) is 0.346. The van der Waals surface area contributed by atoms with Crippen molar-refractivity contribution in [1.29, 1.82) is 5.26 Å². The Bertz CT molecular complexity index is 1010. The summed E-state index contributed by atoms with van der Waals surface area (Å²) < 4.78 is 1.90. The summed E-state index contributed by atoms with van der Waals surface area (Å²) in [6.45, 7) is 1.98. The zero-order chi connectivity index (χ0) is 20.8. The molecule has 0 bridgehead atoms. The zero-order valence-corrected chi connectivity index (χ0v) is 16.6. The Morgan fingerprint density at radius 3 is 2.41 bits per heavy atom. The number of nitro groups is 1. The van der Waals surface area contributed by atoms with Crippen LogP contribution in [0.15, 0.2) is 53.8 Å². The fourth-order valence-electron chi connectivity index (χ4n) is 4.18. The summed E-state index contributed by atoms with van der Waals surface area (Å²) in [5, 5.41) is 32.8. The van der Waals surface area contributed by atoms with E-state index in [0.29, 0.717) is 0 Å². The van der Waals surface area contributed by atoms with E-state index >= 15 is 0 Å². The van der Waals surface area contributed by atoms with Crippen LogP contribution < -0.4 is 4.57 Å². The maximum absolute atomic E-state index is 11.7. The molecule has 4 rings (SSSR count). The highest BCUT2D eigenvalue weighted by Crippen LogP contribution is 2.53. The minimum absolute atomic E-state index is 0.0256. The molecule has 8 heteroatoms. The molecule has 4 atom stereocenters. The third-order valence-corrected chi connectivity index (χ3v) is 6.18. The molecule has 0 spiro atoms. The molecular weight excluding hydrogens is 388 g/mol. The van der Waals surface area contributed by atoms with Crippen LogP contribution >= 0.6 is 0 Å². The number of rotatable bonds is 4. The lowest BCUT2D eigenvalue weighted by Crippen LogP contribution is -2.60. The Morgan fingerprint density at radius 1 is 1.28 bits per heavy atom. The van der Waals surface area contributed by atoms with Gasteiger partial charge in [0.1, 0.15) is 0 Å². The quantitative estimate of drug-likeness (QED) is 0.363. The first-order valence-corrected chi connectivity index (χ1v) is 9.86. The molecule has 2 heterocycles. The van der Waals surface area contributed by atoms with Gasteiger partial charge >= 0.3 is 0 Å². The van der Waals surface area contributed by atoms with E-state index in [-0.39, 0.29) is 16.6 Å². The lowest BCUT2D eigenvalue weighted by molar-refractivity contribution is -0.742. The lowest BCUT2D eigenvalue weighted by atomic mass is 9.73. The summed E-state index contributed by atoms with van der Waals surface area (Å²) in [4.78, 5) is 15.1. The molecule has 1 saturated carbocycles. The van der Waals surface area contributed by atoms with E-state index in [1.54, 1.807) is 12.1 Å². The van der Waals surface area contributed by atoms with Crippen LogP contribution in [0.25, 0.3) is 0 Å². The molecule has 2 aliphatic rings. The van der Waals surface area contributed by atoms with E-state index in [2.05, 4.69) is 11.1 Å². The van der Waals surface area contributed by atoms with Crippen LogP contribution in [-0.2, 0) is 12.6 Å². The molecule has 2 aromatic rings. The number of nitrogens with zero attached hydrogens (tertiary/aromatic N) is 4. The molecule has 1 N–H and O–H groups in total. The van der Waals surface area contributed by atoms with E-state index in [0.717, 1.165) is 24.0 Å². The SMILES string of the molecule is Cc1cc[n+]([C@@H]2[C@@H](c3ccc([N+](=O)[O-])cc3)[C@@H](C#N)C([S-])=N[C@]2(O)C2CC2)cc1. The molecule has 0 radical (unpaired) electrons. The minimum Gasteiger partial charge on any atom is -0.764 e. The highest BCUT2D eigenvalue weighted by molar-refractivity contribution is 7.77. The molecule has 1 fully saturated rings. The molecule has 0 unspecified atom stereocenters. The second-order valence-electron chi connectivity index (χ2n) is 7.76. The number of aliphatic hydroxyl groups is 1. The van der Waals surface area contributed by atoms with Crippen molar-refractivity contribution in [3.8, 4) is 6.07 Å². The first kappa shape index (κ1) is 19.4. The highest BCUT2D eigenvalue weighted by Gasteiger charge is 2.60. The predicted molar refractivity (Wildman–Crippen MR) is 108 cm³/mol. The topological polar surface area (TPSA) is 103 Å². The fourth-order valence-corrected chi connectivity index (χ4v) is 4.53. The van der Waals surface area contributed by atoms with Crippen molar-refractivity contribution in [3.63, 3.8) is 0 Å². The summed E-state index contributed by atoms with van der Waals surface area (Å²) in [5.74, 6) is -1.23. The van der Waals surface area contributed by atoms with Crippen molar-refractivity contribution in [1.82, 2.24) is 0 Å². The van der Waals surface area contributed by atoms with Gasteiger partial charge in [-0.05, 0) is 30.9 Å². The number of aliphatic imine (C=N–C) groups is 1. The molecule has 1 aromatic heterocycles. The summed E-state index contributed by atoms with van der Waals surface area (Å²) in [7, 11) is 0. The standard InChI is InChI=1S/C21H20N4O3S/c1-13-8-10-24(11-9-13)19-18(14-2-6-16(7-3-14)25(27)28)17(12-22)20(29)23-21(19,26)15-4-5-15/h2-3,6-11,15,17-19,26H,4-5H2,1H3/t17-,18+,19-,21+/m1/s1. The zero-order valence-electron chi connectivity index (χ0n) is 15.8.